The lowest BCUT2D eigenvalue weighted by Crippen LogP contribution is -2.49. The number of anilines is 1. The van der Waals surface area contributed by atoms with Crippen LogP contribution in [0.3, 0.4) is 0 Å². The van der Waals surface area contributed by atoms with Crippen LogP contribution in [0.1, 0.15) is 92.4 Å². The van der Waals surface area contributed by atoms with Crippen LogP contribution in [0.25, 0.3) is 11.0 Å². The van der Waals surface area contributed by atoms with Crippen molar-refractivity contribution in [3.8, 4) is 0 Å². The van der Waals surface area contributed by atoms with Crippen molar-refractivity contribution in [2.24, 2.45) is 0 Å². The van der Waals surface area contributed by atoms with E-state index in [1.807, 2.05) is 6.07 Å². The smallest absolute Gasteiger partial charge is 0.283 e. The number of carbonyl (C=O) groups is 1. The van der Waals surface area contributed by atoms with Crippen LogP contribution in [0, 0.1) is 0 Å². The summed E-state index contributed by atoms with van der Waals surface area (Å²) in [5.41, 5.74) is 2.93. The minimum atomic E-state index is -3.85. The maximum atomic E-state index is 13.4. The van der Waals surface area contributed by atoms with Crippen molar-refractivity contribution in [1.29, 1.82) is 0 Å². The molecule has 2 aromatic heterocycles. The minimum absolute atomic E-state index is 0.0115. The number of methoxy groups -OCH3 is 1. The second-order valence-electron chi connectivity index (χ2n) is 12.1. The lowest BCUT2D eigenvalue weighted by Gasteiger charge is -2.41. The summed E-state index contributed by atoms with van der Waals surface area (Å²) in [6.45, 7) is 5.29. The summed E-state index contributed by atoms with van der Waals surface area (Å²) in [6.07, 6.45) is 11.2. The number of rotatable bonds is 9. The van der Waals surface area contributed by atoms with Crippen LogP contribution in [-0.2, 0) is 19.5 Å². The lowest BCUT2D eigenvalue weighted by atomic mass is 9.82. The van der Waals surface area contributed by atoms with Crippen molar-refractivity contribution >= 4 is 32.7 Å². The molecule has 0 atom stereocenters. The minimum Gasteiger partial charge on any atom is -0.384 e. The average Bonchev–Trinajstić information content (AvgIpc) is 3.34. The highest BCUT2D eigenvalue weighted by Crippen LogP contribution is 2.44. The molecule has 0 bridgehead atoms. The number of morpholine rings is 1. The molecular weight excluding hydrogens is 544 g/mol. The second kappa shape index (κ2) is 12.5. The lowest BCUT2D eigenvalue weighted by molar-refractivity contribution is 0.0115. The van der Waals surface area contributed by atoms with E-state index in [4.69, 9.17) is 19.6 Å². The first-order valence-electron chi connectivity index (χ1n) is 15.5. The quantitative estimate of drug-likeness (QED) is 0.471. The molecule has 0 aromatic carbocycles. The van der Waals surface area contributed by atoms with Crippen LogP contribution in [-0.4, -0.2) is 98.9 Å². The van der Waals surface area contributed by atoms with Gasteiger partial charge < -0.3 is 14.4 Å². The molecule has 0 radical (unpaired) electrons. The molecule has 11 nitrogen and oxygen atoms in total. The van der Waals surface area contributed by atoms with Crippen LogP contribution in [0.15, 0.2) is 6.07 Å². The van der Waals surface area contributed by atoms with Gasteiger partial charge in [0.15, 0.2) is 5.65 Å². The summed E-state index contributed by atoms with van der Waals surface area (Å²) in [7, 11) is -2.41. The van der Waals surface area contributed by atoms with Crippen molar-refractivity contribution < 1.29 is 22.7 Å². The van der Waals surface area contributed by atoms with E-state index >= 15 is 0 Å². The van der Waals surface area contributed by atoms with Crippen molar-refractivity contribution in [2.45, 2.75) is 82.2 Å². The predicted octanol–water partition coefficient (Wildman–Crippen LogP) is 3.21. The number of sulfonamides is 1. The topological polar surface area (TPSA) is 119 Å². The molecule has 0 unspecified atom stereocenters. The van der Waals surface area contributed by atoms with Crippen LogP contribution >= 0.6 is 0 Å². The molecule has 1 amide bonds. The van der Waals surface area contributed by atoms with Gasteiger partial charge in [-0.1, -0.05) is 25.7 Å². The van der Waals surface area contributed by atoms with E-state index in [0.29, 0.717) is 12.0 Å². The maximum Gasteiger partial charge on any atom is 0.283 e. The Balaban J connectivity index is 1.38. The van der Waals surface area contributed by atoms with Gasteiger partial charge in [-0.05, 0) is 44.6 Å². The zero-order valence-electron chi connectivity index (χ0n) is 24.2. The average molecular weight is 589 g/mol. The van der Waals surface area contributed by atoms with E-state index in [2.05, 4.69) is 19.2 Å². The van der Waals surface area contributed by atoms with Gasteiger partial charge in [-0.25, -0.2) is 22.8 Å². The summed E-state index contributed by atoms with van der Waals surface area (Å²) in [5.74, 6) is -0.581. The molecule has 4 heterocycles. The Morgan fingerprint density at radius 1 is 1.00 bits per heavy atom. The molecule has 2 aliphatic heterocycles. The highest BCUT2D eigenvalue weighted by Gasteiger charge is 2.34. The van der Waals surface area contributed by atoms with Crippen molar-refractivity contribution in [3.63, 3.8) is 0 Å². The molecule has 226 valence electrons. The molecule has 6 rings (SSSR count). The molecule has 41 heavy (non-hydrogen) atoms. The molecule has 0 spiro atoms. The van der Waals surface area contributed by atoms with Gasteiger partial charge in [0.25, 0.3) is 5.91 Å². The van der Waals surface area contributed by atoms with Gasteiger partial charge in [-0.3, -0.25) is 9.69 Å². The van der Waals surface area contributed by atoms with Gasteiger partial charge in [-0.15, -0.1) is 0 Å². The number of piperidine rings is 1. The Bertz CT molecular complexity index is 1320. The summed E-state index contributed by atoms with van der Waals surface area (Å²) in [6, 6.07) is 2.58. The van der Waals surface area contributed by atoms with E-state index in [0.717, 1.165) is 113 Å². The number of fused-ring (bicyclic) bond motifs is 1. The van der Waals surface area contributed by atoms with Gasteiger partial charge in [0.05, 0.1) is 48.4 Å². The Morgan fingerprint density at radius 2 is 1.73 bits per heavy atom. The molecule has 2 saturated carbocycles. The standard InChI is InChI=1S/C29H44N6O5S/c1-39-18-19-41(37,38)32-29(36)24-20-25(34-12-10-22(11-13-34)33-14-16-40-17-15-33)26-27(21-6-5-7-21)31-35(28(26)30-24)23-8-3-2-4-9-23/h20-23H,2-19H2,1H3,(H,32,36). The molecule has 4 fully saturated rings. The van der Waals surface area contributed by atoms with E-state index < -0.39 is 15.9 Å². The first kappa shape index (κ1) is 28.8. The highest BCUT2D eigenvalue weighted by atomic mass is 32.2. The maximum absolute atomic E-state index is 13.4. The van der Waals surface area contributed by atoms with Gasteiger partial charge >= 0.3 is 0 Å². The van der Waals surface area contributed by atoms with Crippen molar-refractivity contribution in [2.75, 3.05) is 63.8 Å². The van der Waals surface area contributed by atoms with Gasteiger partial charge in [-0.2, -0.15) is 5.10 Å². The monoisotopic (exact) mass is 588 g/mol. The summed E-state index contributed by atoms with van der Waals surface area (Å²) in [5, 5.41) is 6.29. The van der Waals surface area contributed by atoms with Crippen LogP contribution in [0.4, 0.5) is 5.69 Å². The normalized spacial score (nSPS) is 22.2. The largest absolute Gasteiger partial charge is 0.384 e. The van der Waals surface area contributed by atoms with E-state index in [9.17, 15) is 13.2 Å². The first-order valence-corrected chi connectivity index (χ1v) is 17.1. The third-order valence-electron chi connectivity index (χ3n) is 9.48. The number of hydrogen-bond acceptors (Lipinski definition) is 9. The number of nitrogens with one attached hydrogen (secondary N) is 1. The fourth-order valence-electron chi connectivity index (χ4n) is 6.91. The van der Waals surface area contributed by atoms with Crippen molar-refractivity contribution in [3.05, 3.63) is 17.5 Å². The molecule has 2 aliphatic carbocycles. The first-order chi connectivity index (χ1) is 19.9. The zero-order valence-corrected chi connectivity index (χ0v) is 25.0. The molecule has 1 N–H and O–H groups in total. The Labute approximate surface area is 243 Å². The van der Waals surface area contributed by atoms with Gasteiger partial charge in [0.2, 0.25) is 10.0 Å². The van der Waals surface area contributed by atoms with E-state index in [1.165, 1.54) is 20.0 Å². The Hall–Kier alpha value is -2.28. The van der Waals surface area contributed by atoms with Gasteiger partial charge in [0, 0.05) is 45.2 Å². The number of nitrogens with zero attached hydrogens (tertiary/aromatic N) is 5. The Kier molecular flexibility index (Phi) is 8.81. The molecule has 4 aliphatic rings. The van der Waals surface area contributed by atoms with Crippen LogP contribution in [0.5, 0.6) is 0 Å². The number of carbonyl (C=O) groups excluding carboxylic acids is 1. The Morgan fingerprint density at radius 3 is 2.39 bits per heavy atom. The SMILES string of the molecule is COCCS(=O)(=O)NC(=O)c1cc(N2CCC(N3CCOCC3)CC2)c2c(C3CCC3)nn(C3CCCCC3)c2n1. The summed E-state index contributed by atoms with van der Waals surface area (Å²) < 4.78 is 40.0. The number of pyridine rings is 1. The number of hydrogen-bond donors (Lipinski definition) is 1. The highest BCUT2D eigenvalue weighted by molar-refractivity contribution is 7.90. The number of ether oxygens (including phenoxy) is 2. The van der Waals surface area contributed by atoms with Crippen LogP contribution in [0.2, 0.25) is 0 Å². The summed E-state index contributed by atoms with van der Waals surface area (Å²) in [4.78, 5) is 23.2. The molecule has 2 aromatic rings. The van der Waals surface area contributed by atoms with Crippen LogP contribution < -0.4 is 9.62 Å². The fourth-order valence-corrected chi connectivity index (χ4v) is 7.78. The third-order valence-corrected chi connectivity index (χ3v) is 10.7. The predicted molar refractivity (Wildman–Crippen MR) is 157 cm³/mol. The zero-order chi connectivity index (χ0) is 28.4. The molecule has 2 saturated heterocycles. The van der Waals surface area contributed by atoms with E-state index in [1.54, 1.807) is 0 Å². The van der Waals surface area contributed by atoms with Crippen molar-refractivity contribution in [1.82, 2.24) is 24.4 Å². The molecule has 12 heteroatoms. The summed E-state index contributed by atoms with van der Waals surface area (Å²) >= 11 is 0. The van der Waals surface area contributed by atoms with Gasteiger partial charge in [0.1, 0.15) is 5.69 Å². The second-order valence-corrected chi connectivity index (χ2v) is 13.9. The number of aromatic nitrogens is 3. The molecular formula is C29H44N6O5S. The number of amides is 1. The third kappa shape index (κ3) is 6.25. The van der Waals surface area contributed by atoms with E-state index in [-0.39, 0.29) is 24.1 Å². The fraction of sp³-hybridized carbons (Fsp3) is 0.759.